The van der Waals surface area contributed by atoms with Crippen LogP contribution in [-0.4, -0.2) is 0 Å². The third-order valence-electron chi connectivity index (χ3n) is 3.91. The Morgan fingerprint density at radius 2 is 1.79 bits per heavy atom. The van der Waals surface area contributed by atoms with Gasteiger partial charge in [0.15, 0.2) is 0 Å². The normalized spacial score (nSPS) is 12.8. The second-order valence-corrected chi connectivity index (χ2v) is 7.72. The summed E-state index contributed by atoms with van der Waals surface area (Å²) < 4.78 is 13.4. The van der Waals surface area contributed by atoms with Crippen molar-refractivity contribution in [2.24, 2.45) is 0 Å². The van der Waals surface area contributed by atoms with Crippen molar-refractivity contribution in [3.05, 3.63) is 34.7 Å². The van der Waals surface area contributed by atoms with E-state index in [0.29, 0.717) is 0 Å². The lowest BCUT2D eigenvalue weighted by Crippen LogP contribution is -2.18. The minimum Gasteiger partial charge on any atom is -0.329 e. The first-order valence-corrected chi connectivity index (χ1v) is 9.00. The SMILES string of the molecule is CCCC(CCC)([PH2]=O)c1sc2ccccc2c1C. The van der Waals surface area contributed by atoms with Crippen LogP contribution in [-0.2, 0) is 9.72 Å². The van der Waals surface area contributed by atoms with Gasteiger partial charge in [0.05, 0.1) is 13.6 Å². The molecule has 3 heteroatoms. The third kappa shape index (κ3) is 2.66. The monoisotopic (exact) mass is 294 g/mol. The molecule has 0 fully saturated rings. The summed E-state index contributed by atoms with van der Waals surface area (Å²) in [4.78, 5) is 1.38. The molecule has 1 aromatic carbocycles. The second-order valence-electron chi connectivity index (χ2n) is 5.33. The third-order valence-corrected chi connectivity index (χ3v) is 6.93. The topological polar surface area (TPSA) is 17.1 Å². The Morgan fingerprint density at radius 3 is 2.32 bits per heavy atom. The van der Waals surface area contributed by atoms with Crippen LogP contribution < -0.4 is 0 Å². The smallest absolute Gasteiger partial charge is 0.0754 e. The molecule has 0 aliphatic carbocycles. The van der Waals surface area contributed by atoms with E-state index >= 15 is 0 Å². The minimum atomic E-state index is -0.777. The number of aryl methyl sites for hydroxylation is 1. The van der Waals surface area contributed by atoms with Crippen LogP contribution in [0.3, 0.4) is 0 Å². The number of benzene rings is 1. The number of hydrogen-bond donors (Lipinski definition) is 0. The lowest BCUT2D eigenvalue weighted by atomic mass is 9.92. The molecule has 1 nitrogen and oxygen atoms in total. The van der Waals surface area contributed by atoms with Crippen LogP contribution in [0, 0.1) is 6.92 Å². The van der Waals surface area contributed by atoms with E-state index in [0.717, 1.165) is 25.7 Å². The van der Waals surface area contributed by atoms with Crippen molar-refractivity contribution in [2.45, 2.75) is 51.6 Å². The predicted octanol–water partition coefficient (Wildman–Crippen LogP) is 5.76. The highest BCUT2D eigenvalue weighted by molar-refractivity contribution is 7.28. The molecule has 0 N–H and O–H groups in total. The highest BCUT2D eigenvalue weighted by Gasteiger charge is 2.33. The van der Waals surface area contributed by atoms with Crippen LogP contribution >= 0.6 is 19.8 Å². The van der Waals surface area contributed by atoms with Gasteiger partial charge in [0.1, 0.15) is 0 Å². The van der Waals surface area contributed by atoms with Crippen LogP contribution in [0.1, 0.15) is 50.0 Å². The average molecular weight is 294 g/mol. The van der Waals surface area contributed by atoms with E-state index in [1.165, 1.54) is 20.5 Å². The molecule has 2 aromatic rings. The Hall–Kier alpha value is -0.590. The lowest BCUT2D eigenvalue weighted by Gasteiger charge is -2.28. The van der Waals surface area contributed by atoms with Gasteiger partial charge in [-0.2, -0.15) is 0 Å². The molecule has 0 aliphatic rings. The Labute approximate surface area is 121 Å². The largest absolute Gasteiger partial charge is 0.329 e. The fourth-order valence-electron chi connectivity index (χ4n) is 3.06. The fraction of sp³-hybridized carbons (Fsp3) is 0.500. The molecule has 0 bridgehead atoms. The van der Waals surface area contributed by atoms with Crippen LogP contribution in [0.5, 0.6) is 0 Å². The van der Waals surface area contributed by atoms with Gasteiger partial charge in [0.25, 0.3) is 0 Å². The Morgan fingerprint density at radius 1 is 1.16 bits per heavy atom. The molecule has 0 spiro atoms. The highest BCUT2D eigenvalue weighted by Crippen LogP contribution is 2.49. The van der Waals surface area contributed by atoms with Crippen molar-refractivity contribution < 1.29 is 4.57 Å². The van der Waals surface area contributed by atoms with Gasteiger partial charge in [-0.25, -0.2) is 0 Å². The zero-order chi connectivity index (χ0) is 13.9. The van der Waals surface area contributed by atoms with Crippen LogP contribution in [0.4, 0.5) is 0 Å². The fourth-order valence-corrected chi connectivity index (χ4v) is 5.89. The summed E-state index contributed by atoms with van der Waals surface area (Å²) in [6, 6.07) is 8.55. The quantitative estimate of drug-likeness (QED) is 0.619. The van der Waals surface area contributed by atoms with E-state index in [4.69, 9.17) is 0 Å². The first kappa shape index (κ1) is 14.8. The van der Waals surface area contributed by atoms with Gasteiger partial charge in [-0.1, -0.05) is 44.9 Å². The number of hydrogen-bond acceptors (Lipinski definition) is 2. The van der Waals surface area contributed by atoms with E-state index in [1.807, 2.05) is 11.3 Å². The molecule has 0 aliphatic heterocycles. The summed E-state index contributed by atoms with van der Waals surface area (Å²) in [6.45, 7) is 6.59. The standard InChI is InChI=1S/C16H23OPS/c1-4-10-16(18-17,11-5-2)15-12(3)13-8-6-7-9-14(13)19-15/h6-9H,4-5,10-11,18H2,1-3H3. The van der Waals surface area contributed by atoms with Crippen molar-refractivity contribution >= 4 is 29.9 Å². The van der Waals surface area contributed by atoms with E-state index in [-0.39, 0.29) is 5.16 Å². The molecule has 2 rings (SSSR count). The molecule has 19 heavy (non-hydrogen) atoms. The number of fused-ring (bicyclic) bond motifs is 1. The van der Waals surface area contributed by atoms with Crippen molar-refractivity contribution in [1.29, 1.82) is 0 Å². The van der Waals surface area contributed by atoms with Gasteiger partial charge in [-0.05, 0) is 36.8 Å². The van der Waals surface area contributed by atoms with E-state index in [9.17, 15) is 4.57 Å². The van der Waals surface area contributed by atoms with Crippen LogP contribution in [0.15, 0.2) is 24.3 Å². The predicted molar refractivity (Wildman–Crippen MR) is 88.5 cm³/mol. The Balaban J connectivity index is 2.61. The van der Waals surface area contributed by atoms with Crippen molar-refractivity contribution in [1.82, 2.24) is 0 Å². The average Bonchev–Trinajstić information content (AvgIpc) is 2.77. The molecule has 1 aromatic heterocycles. The Bertz CT molecular complexity index is 567. The lowest BCUT2D eigenvalue weighted by molar-refractivity contribution is 0.483. The van der Waals surface area contributed by atoms with Crippen molar-refractivity contribution in [2.75, 3.05) is 0 Å². The van der Waals surface area contributed by atoms with Gasteiger partial charge in [-0.15, -0.1) is 11.3 Å². The van der Waals surface area contributed by atoms with E-state index in [1.54, 1.807) is 0 Å². The van der Waals surface area contributed by atoms with E-state index in [2.05, 4.69) is 45.0 Å². The van der Waals surface area contributed by atoms with Gasteiger partial charge >= 0.3 is 0 Å². The molecular formula is C16H23OPS. The molecule has 1 unspecified atom stereocenters. The van der Waals surface area contributed by atoms with Gasteiger partial charge in [-0.3, -0.25) is 0 Å². The molecular weight excluding hydrogens is 271 g/mol. The first-order valence-electron chi connectivity index (χ1n) is 7.13. The molecule has 0 saturated carbocycles. The van der Waals surface area contributed by atoms with Crippen LogP contribution in [0.2, 0.25) is 0 Å². The zero-order valence-electron chi connectivity index (χ0n) is 12.0. The van der Waals surface area contributed by atoms with Gasteiger partial charge in [0, 0.05) is 9.58 Å². The van der Waals surface area contributed by atoms with Gasteiger partial charge in [0.2, 0.25) is 0 Å². The van der Waals surface area contributed by atoms with Gasteiger partial charge < -0.3 is 4.57 Å². The molecule has 0 radical (unpaired) electrons. The summed E-state index contributed by atoms with van der Waals surface area (Å²) in [5.74, 6) is 0. The highest BCUT2D eigenvalue weighted by atomic mass is 32.1. The zero-order valence-corrected chi connectivity index (χ0v) is 14.0. The van der Waals surface area contributed by atoms with Crippen molar-refractivity contribution in [3.8, 4) is 0 Å². The maximum Gasteiger partial charge on any atom is 0.0754 e. The Kier molecular flexibility index (Phi) is 4.86. The summed E-state index contributed by atoms with van der Waals surface area (Å²) in [6.07, 6.45) is 4.30. The molecule has 0 amide bonds. The summed E-state index contributed by atoms with van der Waals surface area (Å²) in [7, 11) is -0.777. The minimum absolute atomic E-state index is 0.0583. The van der Waals surface area contributed by atoms with Crippen molar-refractivity contribution in [3.63, 3.8) is 0 Å². The molecule has 104 valence electrons. The summed E-state index contributed by atoms with van der Waals surface area (Å²) >= 11 is 1.86. The maximum atomic E-state index is 12.1. The second kappa shape index (κ2) is 6.24. The van der Waals surface area contributed by atoms with E-state index < -0.39 is 8.46 Å². The number of thiophene rings is 1. The van der Waals surface area contributed by atoms with Crippen LogP contribution in [0.25, 0.3) is 10.1 Å². The summed E-state index contributed by atoms with van der Waals surface area (Å²) in [5, 5.41) is 1.28. The number of rotatable bonds is 6. The first-order chi connectivity index (χ1) is 9.18. The molecule has 1 heterocycles. The maximum absolute atomic E-state index is 12.1. The molecule has 1 atom stereocenters. The molecule has 0 saturated heterocycles. The summed E-state index contributed by atoms with van der Waals surface area (Å²) in [5.41, 5.74) is 1.35.